The lowest BCUT2D eigenvalue weighted by molar-refractivity contribution is -0.870. The molecule has 514 valence electrons. The second kappa shape index (κ2) is 67.6. The van der Waals surface area contributed by atoms with Crippen LogP contribution in [-0.2, 0) is 27.9 Å². The van der Waals surface area contributed by atoms with E-state index in [4.69, 9.17) is 13.8 Å². The third-order valence-corrected chi connectivity index (χ3v) is 17.2. The van der Waals surface area contributed by atoms with E-state index in [1.807, 2.05) is 33.3 Å². The summed E-state index contributed by atoms with van der Waals surface area (Å²) in [7, 11) is 1.18. The van der Waals surface area contributed by atoms with Crippen LogP contribution in [0.2, 0.25) is 0 Å². The van der Waals surface area contributed by atoms with Crippen molar-refractivity contribution in [2.24, 2.45) is 0 Å². The van der Waals surface area contributed by atoms with Gasteiger partial charge in [0.1, 0.15) is 19.3 Å². The molecule has 0 aromatic carbocycles. The molecule has 0 saturated carbocycles. The summed E-state index contributed by atoms with van der Waals surface area (Å²) in [6.45, 7) is 6.72. The molecular formula is C79H141N2O7P. The van der Waals surface area contributed by atoms with Gasteiger partial charge >= 0.3 is 5.97 Å². The normalized spacial score (nSPS) is 14.1. The molecule has 3 unspecified atom stereocenters. The van der Waals surface area contributed by atoms with Gasteiger partial charge in [-0.25, -0.2) is 0 Å². The van der Waals surface area contributed by atoms with Crippen molar-refractivity contribution in [1.29, 1.82) is 0 Å². The van der Waals surface area contributed by atoms with Crippen molar-refractivity contribution in [3.63, 3.8) is 0 Å². The predicted octanol–water partition coefficient (Wildman–Crippen LogP) is 23.4. The van der Waals surface area contributed by atoms with Gasteiger partial charge in [0.2, 0.25) is 5.91 Å². The number of nitrogens with zero attached hydrogens (tertiary/aromatic N) is 1. The van der Waals surface area contributed by atoms with Crippen LogP contribution in [0.5, 0.6) is 0 Å². The van der Waals surface area contributed by atoms with Crippen molar-refractivity contribution in [2.45, 2.75) is 341 Å². The first-order chi connectivity index (χ1) is 43.4. The topological polar surface area (TPSA) is 114 Å². The van der Waals surface area contributed by atoms with E-state index in [2.05, 4.69) is 123 Å². The van der Waals surface area contributed by atoms with E-state index < -0.39 is 26.6 Å². The van der Waals surface area contributed by atoms with Crippen molar-refractivity contribution in [1.82, 2.24) is 5.32 Å². The zero-order valence-electron chi connectivity index (χ0n) is 58.9. The molecule has 0 aromatic heterocycles. The van der Waals surface area contributed by atoms with Crippen LogP contribution in [0.15, 0.2) is 109 Å². The van der Waals surface area contributed by atoms with Crippen LogP contribution in [0.3, 0.4) is 0 Å². The minimum absolute atomic E-state index is 0.0272. The minimum Gasteiger partial charge on any atom is -0.756 e. The third-order valence-electron chi connectivity index (χ3n) is 16.2. The molecule has 0 aliphatic rings. The molecule has 3 atom stereocenters. The van der Waals surface area contributed by atoms with Gasteiger partial charge in [0.05, 0.1) is 33.8 Å². The predicted molar refractivity (Wildman–Crippen MR) is 385 cm³/mol. The molecule has 0 saturated heterocycles. The second-order valence-electron chi connectivity index (χ2n) is 26.1. The summed E-state index contributed by atoms with van der Waals surface area (Å²) >= 11 is 0. The first kappa shape index (κ1) is 85.7. The molecule has 1 N–H and O–H groups in total. The standard InChI is InChI=1S/C79H141N2O7P/c1-7-10-13-16-19-22-25-27-29-31-33-35-37-39-40-42-43-45-47-49-51-53-56-59-62-65-68-71-78(82)80-76(75-87-89(84,85)86-74-73-81(4,5)6)77(70-67-64-61-58-55-24-21-18-15-12-9-3)88-79(83)72-69-66-63-60-57-54-52-50-48-46-44-41-38-36-34-32-30-28-26-23-20-17-14-11-8-2/h11,14,19-20,22-23,27-30,33-36,41,44,67,70,76-77H,7-10,12-13,15-18,21,24-26,31-32,37-40,42-43,45-66,68-69,71-75H2,1-6H3,(H-,80,82,84,85)/b14-11-,22-19-,23-20-,29-27-,30-28-,35-33-,36-34-,44-41-,70-67+. The highest BCUT2D eigenvalue weighted by Gasteiger charge is 2.27. The SMILES string of the molecule is CC/C=C\C/C=C\C/C=C\C/C=C\C/C=C\CCCCCCCCCCCC(=O)OC(/C=C/CCCCCCCCCCC)C(COP(=O)([O-])OCC[N+](C)(C)C)NC(=O)CCCCCCCCCCCCCCCC/C=C\C/C=C\C/C=C\CCCCC. The van der Waals surface area contributed by atoms with Crippen LogP contribution in [-0.4, -0.2) is 69.4 Å². The lowest BCUT2D eigenvalue weighted by Gasteiger charge is -2.30. The van der Waals surface area contributed by atoms with Crippen LogP contribution in [0.4, 0.5) is 0 Å². The fraction of sp³-hybridized carbons (Fsp3) is 0.747. The monoisotopic (exact) mass is 1260 g/mol. The van der Waals surface area contributed by atoms with Gasteiger partial charge in [-0.3, -0.25) is 14.2 Å². The van der Waals surface area contributed by atoms with Gasteiger partial charge in [0.25, 0.3) is 7.82 Å². The van der Waals surface area contributed by atoms with E-state index >= 15 is 0 Å². The minimum atomic E-state index is -4.71. The van der Waals surface area contributed by atoms with Crippen LogP contribution >= 0.6 is 7.82 Å². The summed E-state index contributed by atoms with van der Waals surface area (Å²) in [6, 6.07) is -0.898. The summed E-state index contributed by atoms with van der Waals surface area (Å²) < 4.78 is 30.5. The Balaban J connectivity index is 4.97. The first-order valence-corrected chi connectivity index (χ1v) is 38.7. The lowest BCUT2D eigenvalue weighted by Crippen LogP contribution is -2.47. The molecule has 0 aromatic rings. The zero-order chi connectivity index (χ0) is 64.9. The van der Waals surface area contributed by atoms with Crippen LogP contribution < -0.4 is 10.2 Å². The number of carbonyl (C=O) groups is 2. The number of hydrogen-bond acceptors (Lipinski definition) is 7. The molecule has 0 aliphatic heterocycles. The summed E-state index contributed by atoms with van der Waals surface area (Å²) in [5.41, 5.74) is 0. The van der Waals surface area contributed by atoms with Crippen molar-refractivity contribution < 1.29 is 37.3 Å². The molecule has 0 bridgehead atoms. The highest BCUT2D eigenvalue weighted by molar-refractivity contribution is 7.45. The van der Waals surface area contributed by atoms with E-state index in [9.17, 15) is 19.0 Å². The lowest BCUT2D eigenvalue weighted by atomic mass is 10.0. The molecular weight excluding hydrogens is 1120 g/mol. The molecule has 10 heteroatoms. The van der Waals surface area contributed by atoms with Gasteiger partial charge in [-0.15, -0.1) is 0 Å². The van der Waals surface area contributed by atoms with E-state index in [0.29, 0.717) is 17.4 Å². The Kier molecular flexibility index (Phi) is 65.0. The molecule has 0 radical (unpaired) electrons. The molecule has 1 amide bonds. The Morgan fingerprint density at radius 3 is 1.10 bits per heavy atom. The molecule has 0 spiro atoms. The Hall–Kier alpha value is -3.33. The maximum Gasteiger partial charge on any atom is 0.306 e. The number of quaternary nitrogens is 1. The van der Waals surface area contributed by atoms with Gasteiger partial charge in [-0.05, 0) is 115 Å². The first-order valence-electron chi connectivity index (χ1n) is 37.2. The van der Waals surface area contributed by atoms with E-state index in [1.165, 1.54) is 180 Å². The smallest absolute Gasteiger partial charge is 0.306 e. The largest absolute Gasteiger partial charge is 0.756 e. The van der Waals surface area contributed by atoms with Crippen molar-refractivity contribution >= 4 is 19.7 Å². The maximum atomic E-state index is 13.6. The second-order valence-corrected chi connectivity index (χ2v) is 27.5. The third kappa shape index (κ3) is 68.9. The Morgan fingerprint density at radius 2 is 0.719 bits per heavy atom. The average Bonchev–Trinajstić information content (AvgIpc) is 3.64. The van der Waals surface area contributed by atoms with Crippen molar-refractivity contribution in [2.75, 3.05) is 40.9 Å². The summed E-state index contributed by atoms with van der Waals surface area (Å²) in [4.78, 5) is 40.2. The number of amides is 1. The molecule has 0 heterocycles. The fourth-order valence-electron chi connectivity index (χ4n) is 10.5. The van der Waals surface area contributed by atoms with Gasteiger partial charge in [-0.1, -0.05) is 310 Å². The number of unbranched alkanes of at least 4 members (excludes halogenated alkanes) is 35. The quantitative estimate of drug-likeness (QED) is 0.0212. The number of esters is 1. The molecule has 0 fully saturated rings. The molecule has 89 heavy (non-hydrogen) atoms. The Morgan fingerprint density at radius 1 is 0.404 bits per heavy atom. The highest BCUT2D eigenvalue weighted by atomic mass is 31.2. The van der Waals surface area contributed by atoms with Crippen LogP contribution in [0.25, 0.3) is 0 Å². The number of carbonyl (C=O) groups excluding carboxylic acids is 2. The fourth-order valence-corrected chi connectivity index (χ4v) is 11.2. The van der Waals surface area contributed by atoms with Crippen molar-refractivity contribution in [3.8, 4) is 0 Å². The van der Waals surface area contributed by atoms with E-state index in [1.54, 1.807) is 0 Å². The number of allylic oxidation sites excluding steroid dienone is 17. The Labute approximate surface area is 551 Å². The van der Waals surface area contributed by atoms with E-state index in [0.717, 1.165) is 116 Å². The number of rotatable bonds is 67. The molecule has 0 aliphatic carbocycles. The Bertz CT molecular complexity index is 1890. The maximum absolute atomic E-state index is 13.6. The van der Waals surface area contributed by atoms with Gasteiger partial charge in [-0.2, -0.15) is 0 Å². The van der Waals surface area contributed by atoms with Gasteiger partial charge in [0.15, 0.2) is 0 Å². The number of hydrogen-bond donors (Lipinski definition) is 1. The number of phosphoric acid groups is 1. The van der Waals surface area contributed by atoms with E-state index in [-0.39, 0.29) is 24.9 Å². The number of nitrogens with one attached hydrogen (secondary N) is 1. The number of ether oxygens (including phenoxy) is 1. The highest BCUT2D eigenvalue weighted by Crippen LogP contribution is 2.38. The van der Waals surface area contributed by atoms with Crippen LogP contribution in [0.1, 0.15) is 329 Å². The van der Waals surface area contributed by atoms with Gasteiger partial charge in [0, 0.05) is 12.8 Å². The van der Waals surface area contributed by atoms with Crippen molar-refractivity contribution in [3.05, 3.63) is 109 Å². The molecule has 0 rings (SSSR count). The summed E-state index contributed by atoms with van der Waals surface area (Å²) in [5.74, 6) is -0.545. The number of likely N-dealkylation sites (N-methyl/N-ethyl adjacent to an activating group) is 1. The number of phosphoric ester groups is 1. The van der Waals surface area contributed by atoms with Gasteiger partial charge < -0.3 is 28.5 Å². The summed E-state index contributed by atoms with van der Waals surface area (Å²) in [5, 5.41) is 3.04. The average molecular weight is 1260 g/mol. The zero-order valence-corrected chi connectivity index (χ0v) is 59.8. The molecule has 9 nitrogen and oxygen atoms in total. The summed E-state index contributed by atoms with van der Waals surface area (Å²) in [6.07, 6.45) is 93.6. The van der Waals surface area contributed by atoms with Crippen LogP contribution in [0, 0.1) is 0 Å².